The summed E-state index contributed by atoms with van der Waals surface area (Å²) in [5.74, 6) is 0.930. The van der Waals surface area contributed by atoms with Crippen molar-refractivity contribution in [2.75, 3.05) is 12.4 Å². The molecule has 0 radical (unpaired) electrons. The Morgan fingerprint density at radius 1 is 1.11 bits per heavy atom. The number of nitrogens with one attached hydrogen (secondary N) is 2. The molecule has 27 heavy (non-hydrogen) atoms. The van der Waals surface area contributed by atoms with E-state index in [9.17, 15) is 9.59 Å². The van der Waals surface area contributed by atoms with E-state index in [2.05, 4.69) is 10.6 Å². The van der Waals surface area contributed by atoms with Crippen LogP contribution in [0.25, 0.3) is 0 Å². The molecule has 140 valence electrons. The minimum atomic E-state index is -1.28. The third kappa shape index (κ3) is 5.12. The number of nitrogens with zero attached hydrogens (tertiary/aromatic N) is 1. The molecular formula is C19H19N3O5. The summed E-state index contributed by atoms with van der Waals surface area (Å²) in [6.45, 7) is 2.93. The smallest absolute Gasteiger partial charge is 0.405 e. The third-order valence-corrected chi connectivity index (χ3v) is 3.63. The quantitative estimate of drug-likeness (QED) is 0.718. The molecule has 0 unspecified atom stereocenters. The minimum Gasteiger partial charge on any atom is -0.495 e. The van der Waals surface area contributed by atoms with Gasteiger partial charge < -0.3 is 25.2 Å². The van der Waals surface area contributed by atoms with Gasteiger partial charge in [-0.3, -0.25) is 4.79 Å². The van der Waals surface area contributed by atoms with Crippen molar-refractivity contribution < 1.29 is 24.2 Å². The molecule has 0 aliphatic carbocycles. The number of amides is 2. The fourth-order valence-electron chi connectivity index (χ4n) is 2.18. The lowest BCUT2D eigenvalue weighted by Crippen LogP contribution is -2.51. The second-order valence-electron chi connectivity index (χ2n) is 6.11. The number of hydrogen-bond donors (Lipinski definition) is 3. The first-order chi connectivity index (χ1) is 12.7. The summed E-state index contributed by atoms with van der Waals surface area (Å²) >= 11 is 0. The van der Waals surface area contributed by atoms with Gasteiger partial charge in [0, 0.05) is 11.8 Å². The highest BCUT2D eigenvalue weighted by atomic mass is 16.5. The van der Waals surface area contributed by atoms with Gasteiger partial charge in [-0.1, -0.05) is 0 Å². The Bertz CT molecular complexity index is 885. The van der Waals surface area contributed by atoms with Crippen molar-refractivity contribution in [2.45, 2.75) is 19.4 Å². The van der Waals surface area contributed by atoms with Crippen LogP contribution < -0.4 is 20.1 Å². The van der Waals surface area contributed by atoms with E-state index in [-0.39, 0.29) is 0 Å². The molecule has 0 atom stereocenters. The van der Waals surface area contributed by atoms with Crippen LogP contribution >= 0.6 is 0 Å². The van der Waals surface area contributed by atoms with Crippen molar-refractivity contribution in [3.05, 3.63) is 48.0 Å². The maximum atomic E-state index is 12.2. The van der Waals surface area contributed by atoms with E-state index in [1.54, 1.807) is 42.5 Å². The Hall–Kier alpha value is -3.73. The number of ether oxygens (including phenoxy) is 2. The Kier molecular flexibility index (Phi) is 5.88. The van der Waals surface area contributed by atoms with Gasteiger partial charge in [-0.15, -0.1) is 0 Å². The molecule has 8 heteroatoms. The summed E-state index contributed by atoms with van der Waals surface area (Å²) < 4.78 is 10.8. The van der Waals surface area contributed by atoms with Crippen molar-refractivity contribution in [3.63, 3.8) is 0 Å². The van der Waals surface area contributed by atoms with Crippen LogP contribution in [0.2, 0.25) is 0 Å². The van der Waals surface area contributed by atoms with E-state index >= 15 is 0 Å². The van der Waals surface area contributed by atoms with Crippen LogP contribution in [0.15, 0.2) is 42.5 Å². The van der Waals surface area contributed by atoms with Crippen LogP contribution in [-0.4, -0.2) is 29.8 Å². The molecule has 0 aromatic heterocycles. The summed E-state index contributed by atoms with van der Waals surface area (Å²) in [6.07, 6.45) is -1.28. The first-order valence-electron chi connectivity index (χ1n) is 7.94. The van der Waals surface area contributed by atoms with Gasteiger partial charge in [0.1, 0.15) is 28.9 Å². The van der Waals surface area contributed by atoms with Gasteiger partial charge >= 0.3 is 6.09 Å². The molecular weight excluding hydrogens is 350 g/mol. The van der Waals surface area contributed by atoms with Gasteiger partial charge in [-0.05, 0) is 50.2 Å². The van der Waals surface area contributed by atoms with Crippen LogP contribution in [0.3, 0.4) is 0 Å². The molecule has 0 aliphatic heterocycles. The number of carboxylic acid groups (broad SMARTS) is 1. The zero-order valence-corrected chi connectivity index (χ0v) is 15.1. The average Bonchev–Trinajstić information content (AvgIpc) is 2.62. The number of benzene rings is 2. The molecule has 2 aromatic carbocycles. The zero-order valence-electron chi connectivity index (χ0n) is 15.1. The average molecular weight is 369 g/mol. The first kappa shape index (κ1) is 19.6. The Labute approximate surface area is 156 Å². The van der Waals surface area contributed by atoms with E-state index < -0.39 is 17.5 Å². The number of methoxy groups -OCH3 is 1. The zero-order chi connectivity index (χ0) is 20.0. The molecule has 0 spiro atoms. The molecule has 2 amide bonds. The fraction of sp³-hybridized carbons (Fsp3) is 0.211. The van der Waals surface area contributed by atoms with Gasteiger partial charge in [0.25, 0.3) is 0 Å². The monoisotopic (exact) mass is 369 g/mol. The Morgan fingerprint density at radius 2 is 1.74 bits per heavy atom. The molecule has 8 nitrogen and oxygen atoms in total. The lowest BCUT2D eigenvalue weighted by Gasteiger charge is -2.23. The summed E-state index contributed by atoms with van der Waals surface area (Å²) in [5.41, 5.74) is -0.384. The minimum absolute atomic E-state index is 0.403. The van der Waals surface area contributed by atoms with E-state index in [1.807, 2.05) is 6.07 Å². The maximum Gasteiger partial charge on any atom is 0.405 e. The van der Waals surface area contributed by atoms with E-state index in [0.717, 1.165) is 0 Å². The van der Waals surface area contributed by atoms with Crippen molar-refractivity contribution in [1.29, 1.82) is 5.26 Å². The van der Waals surface area contributed by atoms with Crippen molar-refractivity contribution in [1.82, 2.24) is 5.32 Å². The summed E-state index contributed by atoms with van der Waals surface area (Å²) in [5, 5.41) is 22.6. The number of rotatable bonds is 6. The van der Waals surface area contributed by atoms with Crippen molar-refractivity contribution in [3.8, 4) is 23.3 Å². The SMILES string of the molecule is COc1cc(Oc2ccc(NC(=O)C(C)(C)NC(=O)O)cc2)ccc1C#N. The molecule has 2 rings (SSSR count). The lowest BCUT2D eigenvalue weighted by atomic mass is 10.0. The highest BCUT2D eigenvalue weighted by Gasteiger charge is 2.29. The fourth-order valence-corrected chi connectivity index (χ4v) is 2.18. The molecule has 0 saturated carbocycles. The molecule has 0 fully saturated rings. The van der Waals surface area contributed by atoms with Crippen LogP contribution in [0.5, 0.6) is 17.2 Å². The highest BCUT2D eigenvalue weighted by molar-refractivity contribution is 5.99. The second-order valence-corrected chi connectivity index (χ2v) is 6.11. The van der Waals surface area contributed by atoms with Crippen LogP contribution in [0.1, 0.15) is 19.4 Å². The van der Waals surface area contributed by atoms with Crippen molar-refractivity contribution >= 4 is 17.7 Å². The van der Waals surface area contributed by atoms with Gasteiger partial charge in [0.2, 0.25) is 5.91 Å². The molecule has 0 heterocycles. The number of hydrogen-bond acceptors (Lipinski definition) is 5. The first-order valence-corrected chi connectivity index (χ1v) is 7.94. The van der Waals surface area contributed by atoms with Crippen molar-refractivity contribution in [2.24, 2.45) is 0 Å². The second kappa shape index (κ2) is 8.10. The number of carbonyl (C=O) groups is 2. The number of nitriles is 1. The predicted molar refractivity (Wildman–Crippen MR) is 98.1 cm³/mol. The summed E-state index contributed by atoms with van der Waals surface area (Å²) in [7, 11) is 1.47. The topological polar surface area (TPSA) is 121 Å². The highest BCUT2D eigenvalue weighted by Crippen LogP contribution is 2.28. The van der Waals surface area contributed by atoms with Crippen LogP contribution in [0, 0.1) is 11.3 Å². The number of anilines is 1. The van der Waals surface area contributed by atoms with E-state index in [1.165, 1.54) is 21.0 Å². The maximum absolute atomic E-state index is 12.2. The molecule has 3 N–H and O–H groups in total. The Morgan fingerprint density at radius 3 is 2.30 bits per heavy atom. The van der Waals surface area contributed by atoms with Gasteiger partial charge in [-0.2, -0.15) is 5.26 Å². The van der Waals surface area contributed by atoms with Gasteiger partial charge in [-0.25, -0.2) is 4.79 Å². The summed E-state index contributed by atoms with van der Waals surface area (Å²) in [4.78, 5) is 22.9. The van der Waals surface area contributed by atoms with Gasteiger partial charge in [0.05, 0.1) is 12.7 Å². The molecule has 0 saturated heterocycles. The Balaban J connectivity index is 2.06. The standard InChI is InChI=1S/C19H19N3O5/c1-19(2,22-18(24)25)17(23)21-13-5-8-14(9-6-13)27-15-7-4-12(11-20)16(10-15)26-3/h4-10,22H,1-3H3,(H,21,23)(H,24,25). The summed E-state index contributed by atoms with van der Waals surface area (Å²) in [6, 6.07) is 13.4. The third-order valence-electron chi connectivity index (χ3n) is 3.63. The van der Waals surface area contributed by atoms with Crippen LogP contribution in [-0.2, 0) is 4.79 Å². The van der Waals surface area contributed by atoms with Crippen LogP contribution in [0.4, 0.5) is 10.5 Å². The number of carbonyl (C=O) groups excluding carboxylic acids is 1. The van der Waals surface area contributed by atoms with Gasteiger partial charge in [0.15, 0.2) is 0 Å². The molecule has 0 bridgehead atoms. The lowest BCUT2D eigenvalue weighted by molar-refractivity contribution is -0.121. The predicted octanol–water partition coefficient (Wildman–Crippen LogP) is 3.34. The van der Waals surface area contributed by atoms with E-state index in [4.69, 9.17) is 19.8 Å². The van der Waals surface area contributed by atoms with E-state index in [0.29, 0.717) is 28.5 Å². The molecule has 0 aliphatic rings. The largest absolute Gasteiger partial charge is 0.495 e. The normalized spacial score (nSPS) is 10.4. The molecule has 2 aromatic rings.